The van der Waals surface area contributed by atoms with E-state index in [1.165, 1.54) is 0 Å². The van der Waals surface area contributed by atoms with Crippen molar-refractivity contribution in [2.24, 2.45) is 0 Å². The van der Waals surface area contributed by atoms with Crippen LogP contribution in [0.2, 0.25) is 10.0 Å². The summed E-state index contributed by atoms with van der Waals surface area (Å²) >= 11 is 11.8. The molecule has 0 aliphatic carbocycles. The molecule has 0 saturated heterocycles. The van der Waals surface area contributed by atoms with Gasteiger partial charge in [0.25, 0.3) is 0 Å². The highest BCUT2D eigenvalue weighted by atomic mass is 35.5. The van der Waals surface area contributed by atoms with Gasteiger partial charge in [-0.1, -0.05) is 29.3 Å². The molecule has 0 atom stereocenters. The lowest BCUT2D eigenvalue weighted by Gasteiger charge is -2.03. The molecule has 0 radical (unpaired) electrons. The monoisotopic (exact) mass is 251 g/mol. The maximum absolute atomic E-state index is 12.0. The van der Waals surface area contributed by atoms with E-state index in [1.807, 2.05) is 0 Å². The van der Waals surface area contributed by atoms with Gasteiger partial charge in [-0.05, 0) is 30.3 Å². The molecule has 0 unspecified atom stereocenters. The molecular formula is C12H7Cl2NO. The van der Waals surface area contributed by atoms with Gasteiger partial charge in [0.1, 0.15) is 5.69 Å². The van der Waals surface area contributed by atoms with Crippen molar-refractivity contribution in [1.29, 1.82) is 0 Å². The zero-order chi connectivity index (χ0) is 11.5. The van der Waals surface area contributed by atoms with Gasteiger partial charge in [-0.25, -0.2) is 0 Å². The van der Waals surface area contributed by atoms with Gasteiger partial charge < -0.3 is 0 Å². The largest absolute Gasteiger partial charge is 0.287 e. The van der Waals surface area contributed by atoms with E-state index in [2.05, 4.69) is 4.98 Å². The van der Waals surface area contributed by atoms with E-state index >= 15 is 0 Å². The molecule has 1 aromatic heterocycles. The number of hydrogen-bond acceptors (Lipinski definition) is 2. The number of benzene rings is 1. The van der Waals surface area contributed by atoms with Crippen LogP contribution < -0.4 is 0 Å². The predicted octanol–water partition coefficient (Wildman–Crippen LogP) is 3.62. The van der Waals surface area contributed by atoms with Crippen molar-refractivity contribution in [2.45, 2.75) is 0 Å². The Balaban J connectivity index is 2.46. The SMILES string of the molecule is O=C(c1ccccn1)c1cc(Cl)ccc1Cl. The number of carbonyl (C=O) groups is 1. The molecule has 0 fully saturated rings. The average Bonchev–Trinajstić information content (AvgIpc) is 2.32. The number of rotatable bonds is 2. The highest BCUT2D eigenvalue weighted by Gasteiger charge is 2.13. The van der Waals surface area contributed by atoms with Gasteiger partial charge in [0, 0.05) is 16.8 Å². The molecule has 80 valence electrons. The molecule has 4 heteroatoms. The maximum Gasteiger partial charge on any atom is 0.212 e. The number of nitrogens with zero attached hydrogens (tertiary/aromatic N) is 1. The van der Waals surface area contributed by atoms with E-state index in [0.717, 1.165) is 0 Å². The number of ketones is 1. The zero-order valence-corrected chi connectivity index (χ0v) is 9.66. The molecule has 2 rings (SSSR count). The Labute approximate surface area is 103 Å². The molecule has 0 bridgehead atoms. The standard InChI is InChI=1S/C12H7Cl2NO/c13-8-4-5-10(14)9(7-8)12(16)11-3-1-2-6-15-11/h1-7H. The van der Waals surface area contributed by atoms with E-state index < -0.39 is 0 Å². The van der Waals surface area contributed by atoms with Crippen LogP contribution in [0.3, 0.4) is 0 Å². The molecular weight excluding hydrogens is 245 g/mol. The van der Waals surface area contributed by atoms with E-state index in [-0.39, 0.29) is 5.78 Å². The normalized spacial score (nSPS) is 10.1. The topological polar surface area (TPSA) is 30.0 Å². The third-order valence-electron chi connectivity index (χ3n) is 2.07. The summed E-state index contributed by atoms with van der Waals surface area (Å²) in [5.74, 6) is -0.229. The third kappa shape index (κ3) is 2.23. The molecule has 0 aliphatic rings. The lowest BCUT2D eigenvalue weighted by Crippen LogP contribution is -2.04. The number of aromatic nitrogens is 1. The summed E-state index contributed by atoms with van der Waals surface area (Å²) in [5.41, 5.74) is 0.722. The minimum atomic E-state index is -0.229. The lowest BCUT2D eigenvalue weighted by atomic mass is 10.1. The van der Waals surface area contributed by atoms with Crippen molar-refractivity contribution in [3.05, 3.63) is 63.9 Å². The first-order valence-corrected chi connectivity index (χ1v) is 5.35. The summed E-state index contributed by atoms with van der Waals surface area (Å²) in [7, 11) is 0. The van der Waals surface area contributed by atoms with E-state index in [9.17, 15) is 4.79 Å². The molecule has 2 aromatic rings. The van der Waals surface area contributed by atoms with Crippen LogP contribution in [0.25, 0.3) is 0 Å². The molecule has 16 heavy (non-hydrogen) atoms. The van der Waals surface area contributed by atoms with Crippen LogP contribution in [-0.2, 0) is 0 Å². The number of halogens is 2. The van der Waals surface area contributed by atoms with Gasteiger partial charge in [0.05, 0.1) is 5.02 Å². The molecule has 0 spiro atoms. The first kappa shape index (κ1) is 11.1. The predicted molar refractivity (Wildman–Crippen MR) is 64.1 cm³/mol. The van der Waals surface area contributed by atoms with Crippen molar-refractivity contribution >= 4 is 29.0 Å². The zero-order valence-electron chi connectivity index (χ0n) is 8.15. The summed E-state index contributed by atoms with van der Waals surface area (Å²) in [4.78, 5) is 16.0. The Morgan fingerprint density at radius 1 is 1.12 bits per heavy atom. The molecule has 0 aliphatic heterocycles. The molecule has 0 N–H and O–H groups in total. The fourth-order valence-electron chi connectivity index (χ4n) is 1.31. The number of carbonyl (C=O) groups excluding carboxylic acids is 1. The fraction of sp³-hybridized carbons (Fsp3) is 0. The second kappa shape index (κ2) is 4.64. The second-order valence-electron chi connectivity index (χ2n) is 3.17. The van der Waals surface area contributed by atoms with E-state index in [4.69, 9.17) is 23.2 Å². The first-order chi connectivity index (χ1) is 7.68. The smallest absolute Gasteiger partial charge is 0.212 e. The second-order valence-corrected chi connectivity index (χ2v) is 4.01. The summed E-state index contributed by atoms with van der Waals surface area (Å²) in [5, 5.41) is 0.851. The van der Waals surface area contributed by atoms with Crippen LogP contribution in [0.1, 0.15) is 16.1 Å². The van der Waals surface area contributed by atoms with Crippen molar-refractivity contribution < 1.29 is 4.79 Å². The minimum Gasteiger partial charge on any atom is -0.287 e. The number of pyridine rings is 1. The lowest BCUT2D eigenvalue weighted by molar-refractivity contribution is 0.103. The van der Waals surface area contributed by atoms with Gasteiger partial charge in [-0.15, -0.1) is 0 Å². The van der Waals surface area contributed by atoms with Gasteiger partial charge in [0.15, 0.2) is 0 Å². The Bertz CT molecular complexity index is 526. The van der Waals surface area contributed by atoms with Gasteiger partial charge >= 0.3 is 0 Å². The van der Waals surface area contributed by atoms with E-state index in [0.29, 0.717) is 21.3 Å². The summed E-state index contributed by atoms with van der Waals surface area (Å²) in [6.45, 7) is 0. The summed E-state index contributed by atoms with van der Waals surface area (Å²) < 4.78 is 0. The van der Waals surface area contributed by atoms with Crippen LogP contribution in [0.15, 0.2) is 42.6 Å². The average molecular weight is 252 g/mol. The van der Waals surface area contributed by atoms with Crippen LogP contribution >= 0.6 is 23.2 Å². The highest BCUT2D eigenvalue weighted by Crippen LogP contribution is 2.22. The molecule has 1 aromatic carbocycles. The Morgan fingerprint density at radius 3 is 2.62 bits per heavy atom. The van der Waals surface area contributed by atoms with Crippen molar-refractivity contribution in [3.8, 4) is 0 Å². The van der Waals surface area contributed by atoms with Crippen LogP contribution in [-0.4, -0.2) is 10.8 Å². The van der Waals surface area contributed by atoms with Crippen LogP contribution in [0, 0.1) is 0 Å². The summed E-state index contributed by atoms with van der Waals surface area (Å²) in [6.07, 6.45) is 1.56. The van der Waals surface area contributed by atoms with E-state index in [1.54, 1.807) is 42.6 Å². The van der Waals surface area contributed by atoms with Crippen molar-refractivity contribution in [3.63, 3.8) is 0 Å². The minimum absolute atomic E-state index is 0.229. The Morgan fingerprint density at radius 2 is 1.94 bits per heavy atom. The van der Waals surface area contributed by atoms with Gasteiger partial charge in [0.2, 0.25) is 5.78 Å². The molecule has 2 nitrogen and oxygen atoms in total. The number of hydrogen-bond donors (Lipinski definition) is 0. The Hall–Kier alpha value is -1.38. The van der Waals surface area contributed by atoms with Gasteiger partial charge in [-0.3, -0.25) is 9.78 Å². The quantitative estimate of drug-likeness (QED) is 0.764. The van der Waals surface area contributed by atoms with Gasteiger partial charge in [-0.2, -0.15) is 0 Å². The molecule has 1 heterocycles. The summed E-state index contributed by atoms with van der Waals surface area (Å²) in [6, 6.07) is 9.91. The molecule has 0 saturated carbocycles. The maximum atomic E-state index is 12.0. The van der Waals surface area contributed by atoms with Crippen LogP contribution in [0.5, 0.6) is 0 Å². The van der Waals surface area contributed by atoms with Crippen molar-refractivity contribution in [1.82, 2.24) is 4.98 Å². The highest BCUT2D eigenvalue weighted by molar-refractivity contribution is 6.36. The van der Waals surface area contributed by atoms with Crippen LogP contribution in [0.4, 0.5) is 0 Å². The fourth-order valence-corrected chi connectivity index (χ4v) is 1.68. The molecule has 0 amide bonds. The third-order valence-corrected chi connectivity index (χ3v) is 2.64. The first-order valence-electron chi connectivity index (χ1n) is 4.59. The van der Waals surface area contributed by atoms with Crippen molar-refractivity contribution in [2.75, 3.05) is 0 Å². The Kier molecular flexibility index (Phi) is 3.22.